The van der Waals surface area contributed by atoms with Crippen molar-refractivity contribution in [2.75, 3.05) is 30.8 Å². The second kappa shape index (κ2) is 14.4. The van der Waals surface area contributed by atoms with Crippen molar-refractivity contribution in [3.63, 3.8) is 0 Å². The third kappa shape index (κ3) is 9.23. The SMILES string of the molecule is COc1cccc(CN(C(=O)CN(c2cc(Cl)ccc2C)S(C)(=O)=O)[C@H](Cc2ccccc2)C(=O)NCC(C)C)c1. The Morgan fingerprint density at radius 2 is 1.66 bits per heavy atom. The van der Waals surface area contributed by atoms with Crippen LogP contribution in [0.15, 0.2) is 72.8 Å². The number of carbonyl (C=O) groups is 2. The lowest BCUT2D eigenvalue weighted by atomic mass is 10.0. The molecule has 10 heteroatoms. The smallest absolute Gasteiger partial charge is 0.244 e. The van der Waals surface area contributed by atoms with Gasteiger partial charge in [0.15, 0.2) is 0 Å². The second-order valence-corrected chi connectivity index (χ2v) is 12.8. The Kier molecular flexibility index (Phi) is 11.2. The van der Waals surface area contributed by atoms with Crippen LogP contribution in [0.2, 0.25) is 5.02 Å². The molecule has 0 saturated heterocycles. The number of aryl methyl sites for hydroxylation is 1. The highest BCUT2D eigenvalue weighted by atomic mass is 35.5. The fourth-order valence-electron chi connectivity index (χ4n) is 4.39. The van der Waals surface area contributed by atoms with Gasteiger partial charge < -0.3 is 15.0 Å². The molecule has 1 atom stereocenters. The normalized spacial score (nSPS) is 12.1. The van der Waals surface area contributed by atoms with Crippen molar-refractivity contribution in [3.8, 4) is 5.75 Å². The summed E-state index contributed by atoms with van der Waals surface area (Å²) in [5, 5.41) is 3.31. The molecule has 0 bridgehead atoms. The Morgan fingerprint density at radius 1 is 0.976 bits per heavy atom. The first-order valence-electron chi connectivity index (χ1n) is 13.4. The van der Waals surface area contributed by atoms with Crippen LogP contribution in [0.25, 0.3) is 0 Å². The molecule has 3 aromatic rings. The van der Waals surface area contributed by atoms with E-state index in [4.69, 9.17) is 16.3 Å². The summed E-state index contributed by atoms with van der Waals surface area (Å²) in [6, 6.07) is 20.6. The van der Waals surface area contributed by atoms with Gasteiger partial charge in [-0.3, -0.25) is 13.9 Å². The average molecular weight is 600 g/mol. The Morgan fingerprint density at radius 3 is 2.29 bits per heavy atom. The second-order valence-electron chi connectivity index (χ2n) is 10.4. The van der Waals surface area contributed by atoms with Crippen LogP contribution < -0.4 is 14.4 Å². The average Bonchev–Trinajstić information content (AvgIpc) is 2.93. The molecule has 3 aromatic carbocycles. The molecule has 0 radical (unpaired) electrons. The van der Waals surface area contributed by atoms with Crippen LogP contribution in [0.5, 0.6) is 5.75 Å². The minimum Gasteiger partial charge on any atom is -0.497 e. The van der Waals surface area contributed by atoms with E-state index in [2.05, 4.69) is 5.32 Å². The quantitative estimate of drug-likeness (QED) is 0.303. The summed E-state index contributed by atoms with van der Waals surface area (Å²) in [5.74, 6) is -0.0432. The van der Waals surface area contributed by atoms with Crippen molar-refractivity contribution in [2.24, 2.45) is 5.92 Å². The third-order valence-corrected chi connectivity index (χ3v) is 7.92. The first kappa shape index (κ1) is 32.0. The molecule has 1 N–H and O–H groups in total. The molecule has 0 fully saturated rings. The van der Waals surface area contributed by atoms with E-state index in [0.717, 1.165) is 21.7 Å². The summed E-state index contributed by atoms with van der Waals surface area (Å²) >= 11 is 6.21. The number of nitrogens with one attached hydrogen (secondary N) is 1. The number of rotatable bonds is 13. The first-order chi connectivity index (χ1) is 19.4. The van der Waals surface area contributed by atoms with Crippen LogP contribution in [0.3, 0.4) is 0 Å². The molecule has 0 spiro atoms. The zero-order valence-electron chi connectivity index (χ0n) is 24.1. The maximum Gasteiger partial charge on any atom is 0.244 e. The molecular formula is C31H38ClN3O5S. The monoisotopic (exact) mass is 599 g/mol. The van der Waals surface area contributed by atoms with Gasteiger partial charge in [0.2, 0.25) is 21.8 Å². The summed E-state index contributed by atoms with van der Waals surface area (Å²) in [4.78, 5) is 29.3. The Bertz CT molecular complexity index is 1450. The Balaban J connectivity index is 2.09. The fourth-order valence-corrected chi connectivity index (χ4v) is 5.46. The van der Waals surface area contributed by atoms with Crippen LogP contribution in [-0.4, -0.2) is 57.6 Å². The molecule has 3 rings (SSSR count). The van der Waals surface area contributed by atoms with Crippen LogP contribution in [0.1, 0.15) is 30.5 Å². The van der Waals surface area contributed by atoms with Gasteiger partial charge in [0, 0.05) is 24.5 Å². The van der Waals surface area contributed by atoms with Crippen molar-refractivity contribution in [3.05, 3.63) is 94.5 Å². The minimum atomic E-state index is -3.89. The van der Waals surface area contributed by atoms with Gasteiger partial charge in [-0.15, -0.1) is 0 Å². The van der Waals surface area contributed by atoms with E-state index in [9.17, 15) is 18.0 Å². The van der Waals surface area contributed by atoms with Crippen LogP contribution in [0, 0.1) is 12.8 Å². The van der Waals surface area contributed by atoms with E-state index in [-0.39, 0.29) is 24.8 Å². The molecule has 220 valence electrons. The van der Waals surface area contributed by atoms with Gasteiger partial charge in [0.1, 0.15) is 18.3 Å². The molecule has 8 nitrogen and oxygen atoms in total. The number of ether oxygens (including phenoxy) is 1. The molecule has 0 unspecified atom stereocenters. The molecule has 0 aromatic heterocycles. The number of sulfonamides is 1. The van der Waals surface area contributed by atoms with Gasteiger partial charge in [-0.05, 0) is 53.8 Å². The lowest BCUT2D eigenvalue weighted by Crippen LogP contribution is -2.53. The molecule has 2 amide bonds. The Hall–Kier alpha value is -3.56. The summed E-state index contributed by atoms with van der Waals surface area (Å²) in [6.07, 6.45) is 1.29. The molecule has 0 heterocycles. The highest BCUT2D eigenvalue weighted by Crippen LogP contribution is 2.27. The van der Waals surface area contributed by atoms with Crippen molar-refractivity contribution in [1.82, 2.24) is 10.2 Å². The maximum absolute atomic E-state index is 14.2. The molecule has 0 saturated carbocycles. The number of benzene rings is 3. The highest BCUT2D eigenvalue weighted by Gasteiger charge is 2.33. The van der Waals surface area contributed by atoms with Crippen LogP contribution in [0.4, 0.5) is 5.69 Å². The van der Waals surface area contributed by atoms with Gasteiger partial charge in [0.25, 0.3) is 0 Å². The first-order valence-corrected chi connectivity index (χ1v) is 15.6. The highest BCUT2D eigenvalue weighted by molar-refractivity contribution is 7.92. The molecule has 0 aliphatic carbocycles. The molecule has 0 aliphatic heterocycles. The number of hydrogen-bond acceptors (Lipinski definition) is 5. The van der Waals surface area contributed by atoms with E-state index < -0.39 is 28.5 Å². The summed E-state index contributed by atoms with van der Waals surface area (Å²) < 4.78 is 32.4. The minimum absolute atomic E-state index is 0.0642. The van der Waals surface area contributed by atoms with Crippen molar-refractivity contribution < 1.29 is 22.7 Å². The largest absolute Gasteiger partial charge is 0.497 e. The third-order valence-electron chi connectivity index (χ3n) is 6.56. The van der Waals surface area contributed by atoms with E-state index in [0.29, 0.717) is 28.6 Å². The van der Waals surface area contributed by atoms with Gasteiger partial charge in [0.05, 0.1) is 19.1 Å². The number of methoxy groups -OCH3 is 1. The number of halogens is 1. The van der Waals surface area contributed by atoms with Crippen molar-refractivity contribution in [2.45, 2.75) is 39.8 Å². The van der Waals surface area contributed by atoms with Crippen molar-refractivity contribution in [1.29, 1.82) is 0 Å². The van der Waals surface area contributed by atoms with E-state index in [1.165, 1.54) is 11.0 Å². The zero-order chi connectivity index (χ0) is 30.2. The van der Waals surface area contributed by atoms with Crippen LogP contribution in [-0.2, 0) is 32.6 Å². The fraction of sp³-hybridized carbons (Fsp3) is 0.355. The summed E-state index contributed by atoms with van der Waals surface area (Å²) in [7, 11) is -2.34. The van der Waals surface area contributed by atoms with Gasteiger partial charge >= 0.3 is 0 Å². The number of carbonyl (C=O) groups excluding carboxylic acids is 2. The van der Waals surface area contributed by atoms with Gasteiger partial charge in [-0.25, -0.2) is 8.42 Å². The van der Waals surface area contributed by atoms with E-state index in [1.807, 2.05) is 50.2 Å². The van der Waals surface area contributed by atoms with Gasteiger partial charge in [-0.2, -0.15) is 0 Å². The lowest BCUT2D eigenvalue weighted by Gasteiger charge is -2.34. The number of anilines is 1. The Labute approximate surface area is 248 Å². The van der Waals surface area contributed by atoms with Crippen LogP contribution >= 0.6 is 11.6 Å². The lowest BCUT2D eigenvalue weighted by molar-refractivity contribution is -0.140. The van der Waals surface area contributed by atoms with Crippen molar-refractivity contribution >= 4 is 39.1 Å². The van der Waals surface area contributed by atoms with E-state index in [1.54, 1.807) is 44.4 Å². The molecule has 41 heavy (non-hydrogen) atoms. The topological polar surface area (TPSA) is 96.0 Å². The number of hydrogen-bond donors (Lipinski definition) is 1. The predicted molar refractivity (Wildman–Crippen MR) is 164 cm³/mol. The standard InChI is InChI=1S/C31H38ClN3O5S/c1-22(2)19-33-31(37)29(17-24-10-7-6-8-11-24)34(20-25-12-9-13-27(16-25)40-4)30(36)21-35(41(5,38)39)28-18-26(32)15-14-23(28)3/h6-16,18,22,29H,17,19-21H2,1-5H3,(H,33,37)/t29-/m1/s1. The van der Waals surface area contributed by atoms with E-state index >= 15 is 0 Å². The predicted octanol–water partition coefficient (Wildman–Crippen LogP) is 4.84. The maximum atomic E-state index is 14.2. The molecular weight excluding hydrogens is 562 g/mol. The van der Waals surface area contributed by atoms with Gasteiger partial charge in [-0.1, -0.05) is 74.0 Å². The molecule has 0 aliphatic rings. The number of amides is 2. The zero-order valence-corrected chi connectivity index (χ0v) is 25.7. The summed E-state index contributed by atoms with van der Waals surface area (Å²) in [6.45, 7) is 5.72. The number of nitrogens with zero attached hydrogens (tertiary/aromatic N) is 2. The summed E-state index contributed by atoms with van der Waals surface area (Å²) in [5.41, 5.74) is 2.55.